The number of methoxy groups -OCH3 is 1. The van der Waals surface area contributed by atoms with Gasteiger partial charge in [-0.25, -0.2) is 0 Å². The maximum atomic E-state index is 5.70. The molecule has 0 bridgehead atoms. The molecule has 0 aliphatic heterocycles. The van der Waals surface area contributed by atoms with Crippen LogP contribution in [0, 0.1) is 0 Å². The Labute approximate surface area is 118 Å². The number of hydrogen-bond acceptors (Lipinski definition) is 2. The minimum atomic E-state index is 0.126. The third-order valence-electron chi connectivity index (χ3n) is 4.38. The molecule has 1 unspecified atom stereocenters. The van der Waals surface area contributed by atoms with Crippen molar-refractivity contribution >= 4 is 0 Å². The molecule has 2 nitrogen and oxygen atoms in total. The molecule has 0 aliphatic carbocycles. The van der Waals surface area contributed by atoms with E-state index in [4.69, 9.17) is 9.47 Å². The molecule has 0 heterocycles. The summed E-state index contributed by atoms with van der Waals surface area (Å²) >= 11 is 0. The van der Waals surface area contributed by atoms with Crippen molar-refractivity contribution < 1.29 is 9.47 Å². The lowest BCUT2D eigenvalue weighted by atomic mass is 9.74. The maximum absolute atomic E-state index is 5.70. The van der Waals surface area contributed by atoms with Gasteiger partial charge in [0.1, 0.15) is 12.4 Å². The molecule has 1 aromatic carbocycles. The van der Waals surface area contributed by atoms with Crippen LogP contribution in [0.4, 0.5) is 0 Å². The Hall–Kier alpha value is -1.02. The molecule has 2 heteroatoms. The standard InChI is InChI=1S/C17H28O2/c1-6-17(7-2,8-3)15-9-11-16(12-10-15)19-13-14(4)18-5/h9-12,14H,6-8,13H2,1-5H3. The lowest BCUT2D eigenvalue weighted by Crippen LogP contribution is -2.23. The second kappa shape index (κ2) is 7.54. The highest BCUT2D eigenvalue weighted by atomic mass is 16.5. The van der Waals surface area contributed by atoms with Gasteiger partial charge in [0.15, 0.2) is 0 Å². The molecule has 1 rings (SSSR count). The number of rotatable bonds is 8. The SMILES string of the molecule is CCC(CC)(CC)c1ccc(OCC(C)OC)cc1. The van der Waals surface area contributed by atoms with Crippen LogP contribution in [0.5, 0.6) is 5.75 Å². The molecule has 0 aromatic heterocycles. The first-order chi connectivity index (χ1) is 9.11. The monoisotopic (exact) mass is 264 g/mol. The van der Waals surface area contributed by atoms with E-state index in [1.807, 2.05) is 6.92 Å². The highest BCUT2D eigenvalue weighted by Gasteiger charge is 2.25. The molecule has 0 amide bonds. The van der Waals surface area contributed by atoms with Gasteiger partial charge in [0.05, 0.1) is 6.10 Å². The van der Waals surface area contributed by atoms with Crippen LogP contribution in [0.25, 0.3) is 0 Å². The normalized spacial score (nSPS) is 13.3. The summed E-state index contributed by atoms with van der Waals surface area (Å²) in [4.78, 5) is 0. The molecule has 1 aromatic rings. The number of ether oxygens (including phenoxy) is 2. The molecular formula is C17H28O2. The van der Waals surface area contributed by atoms with Gasteiger partial charge >= 0.3 is 0 Å². The van der Waals surface area contributed by atoms with Crippen molar-refractivity contribution in [2.75, 3.05) is 13.7 Å². The first kappa shape index (κ1) is 16.0. The van der Waals surface area contributed by atoms with Crippen molar-refractivity contribution in [3.05, 3.63) is 29.8 Å². The van der Waals surface area contributed by atoms with Gasteiger partial charge < -0.3 is 9.47 Å². The molecule has 0 saturated carbocycles. The number of benzene rings is 1. The Kier molecular flexibility index (Phi) is 6.36. The van der Waals surface area contributed by atoms with E-state index in [1.165, 1.54) is 24.8 Å². The van der Waals surface area contributed by atoms with Gasteiger partial charge in [0, 0.05) is 7.11 Å². The molecule has 0 radical (unpaired) electrons. The Morgan fingerprint density at radius 3 is 1.95 bits per heavy atom. The zero-order chi connectivity index (χ0) is 14.3. The minimum Gasteiger partial charge on any atom is -0.491 e. The van der Waals surface area contributed by atoms with E-state index in [-0.39, 0.29) is 6.10 Å². The van der Waals surface area contributed by atoms with E-state index in [9.17, 15) is 0 Å². The summed E-state index contributed by atoms with van der Waals surface area (Å²) in [6, 6.07) is 8.58. The Balaban J connectivity index is 2.75. The lowest BCUT2D eigenvalue weighted by molar-refractivity contribution is 0.0716. The van der Waals surface area contributed by atoms with Crippen LogP contribution >= 0.6 is 0 Å². The largest absolute Gasteiger partial charge is 0.491 e. The highest BCUT2D eigenvalue weighted by molar-refractivity contribution is 5.32. The van der Waals surface area contributed by atoms with Gasteiger partial charge in [-0.3, -0.25) is 0 Å². The van der Waals surface area contributed by atoms with Crippen molar-refractivity contribution in [1.29, 1.82) is 0 Å². The predicted octanol–water partition coefficient (Wildman–Crippen LogP) is 4.57. The first-order valence-corrected chi connectivity index (χ1v) is 7.38. The fourth-order valence-corrected chi connectivity index (χ4v) is 2.55. The summed E-state index contributed by atoms with van der Waals surface area (Å²) in [7, 11) is 1.70. The average Bonchev–Trinajstić information content (AvgIpc) is 2.48. The smallest absolute Gasteiger partial charge is 0.119 e. The van der Waals surface area contributed by atoms with Crippen molar-refractivity contribution in [1.82, 2.24) is 0 Å². The summed E-state index contributed by atoms with van der Waals surface area (Å²) in [6.07, 6.45) is 3.67. The first-order valence-electron chi connectivity index (χ1n) is 7.38. The fraction of sp³-hybridized carbons (Fsp3) is 0.647. The van der Waals surface area contributed by atoms with Gasteiger partial charge in [0.25, 0.3) is 0 Å². The van der Waals surface area contributed by atoms with Crippen LogP contribution in [0.1, 0.15) is 52.5 Å². The van der Waals surface area contributed by atoms with Crippen LogP contribution in [-0.4, -0.2) is 19.8 Å². The lowest BCUT2D eigenvalue weighted by Gasteiger charge is -2.31. The minimum absolute atomic E-state index is 0.126. The van der Waals surface area contributed by atoms with Gasteiger partial charge in [-0.2, -0.15) is 0 Å². The van der Waals surface area contributed by atoms with Gasteiger partial charge in [-0.15, -0.1) is 0 Å². The molecular weight excluding hydrogens is 236 g/mol. The molecule has 0 saturated heterocycles. The second-order valence-corrected chi connectivity index (χ2v) is 5.22. The molecule has 0 aliphatic rings. The van der Waals surface area contributed by atoms with Crippen molar-refractivity contribution in [3.63, 3.8) is 0 Å². The molecule has 0 spiro atoms. The summed E-state index contributed by atoms with van der Waals surface area (Å²) in [6.45, 7) is 9.42. The highest BCUT2D eigenvalue weighted by Crippen LogP contribution is 2.35. The Morgan fingerprint density at radius 2 is 1.53 bits per heavy atom. The fourth-order valence-electron chi connectivity index (χ4n) is 2.55. The molecule has 0 N–H and O–H groups in total. The van der Waals surface area contributed by atoms with Crippen molar-refractivity contribution in [2.24, 2.45) is 0 Å². The van der Waals surface area contributed by atoms with E-state index >= 15 is 0 Å². The van der Waals surface area contributed by atoms with Crippen LogP contribution < -0.4 is 4.74 Å². The second-order valence-electron chi connectivity index (χ2n) is 5.22. The van der Waals surface area contributed by atoms with Crippen molar-refractivity contribution in [3.8, 4) is 5.75 Å². The molecule has 108 valence electrons. The van der Waals surface area contributed by atoms with Gasteiger partial charge in [-0.05, 0) is 49.3 Å². The summed E-state index contributed by atoms with van der Waals surface area (Å²) in [5.74, 6) is 0.921. The van der Waals surface area contributed by atoms with E-state index in [0.717, 1.165) is 5.75 Å². The summed E-state index contributed by atoms with van der Waals surface area (Å²) in [5.41, 5.74) is 1.74. The Bertz CT molecular complexity index is 344. The maximum Gasteiger partial charge on any atom is 0.119 e. The van der Waals surface area contributed by atoms with Gasteiger partial charge in [-0.1, -0.05) is 32.9 Å². The topological polar surface area (TPSA) is 18.5 Å². The van der Waals surface area contributed by atoms with E-state index in [2.05, 4.69) is 45.0 Å². The zero-order valence-corrected chi connectivity index (χ0v) is 13.0. The van der Waals surface area contributed by atoms with E-state index in [1.54, 1.807) is 7.11 Å². The zero-order valence-electron chi connectivity index (χ0n) is 13.0. The van der Waals surface area contributed by atoms with Crippen LogP contribution in [0.2, 0.25) is 0 Å². The van der Waals surface area contributed by atoms with Crippen LogP contribution in [-0.2, 0) is 10.2 Å². The molecule has 19 heavy (non-hydrogen) atoms. The van der Waals surface area contributed by atoms with E-state index in [0.29, 0.717) is 12.0 Å². The van der Waals surface area contributed by atoms with Crippen molar-refractivity contribution in [2.45, 2.75) is 58.5 Å². The van der Waals surface area contributed by atoms with Crippen LogP contribution in [0.3, 0.4) is 0 Å². The summed E-state index contributed by atoms with van der Waals surface area (Å²) in [5, 5.41) is 0. The third kappa shape index (κ3) is 3.97. The summed E-state index contributed by atoms with van der Waals surface area (Å²) < 4.78 is 10.9. The van der Waals surface area contributed by atoms with Gasteiger partial charge in [0.2, 0.25) is 0 Å². The molecule has 0 fully saturated rings. The predicted molar refractivity (Wildman–Crippen MR) is 81.0 cm³/mol. The average molecular weight is 264 g/mol. The number of hydrogen-bond donors (Lipinski definition) is 0. The third-order valence-corrected chi connectivity index (χ3v) is 4.38. The quantitative estimate of drug-likeness (QED) is 0.685. The van der Waals surface area contributed by atoms with Crippen LogP contribution in [0.15, 0.2) is 24.3 Å². The van der Waals surface area contributed by atoms with E-state index < -0.39 is 0 Å². The molecule has 1 atom stereocenters. The Morgan fingerprint density at radius 1 is 1.00 bits per heavy atom.